The van der Waals surface area contributed by atoms with Crippen molar-refractivity contribution in [2.24, 2.45) is 5.73 Å². The highest BCUT2D eigenvalue weighted by Crippen LogP contribution is 2.19. The summed E-state index contributed by atoms with van der Waals surface area (Å²) in [5.41, 5.74) is 6.57. The summed E-state index contributed by atoms with van der Waals surface area (Å²) < 4.78 is 26.4. The highest BCUT2D eigenvalue weighted by Gasteiger charge is 2.30. The van der Waals surface area contributed by atoms with E-state index in [1.54, 1.807) is 31.2 Å². The van der Waals surface area contributed by atoms with Gasteiger partial charge in [0.05, 0.1) is 4.90 Å². The minimum Gasteiger partial charge on any atom is -0.350 e. The Kier molecular flexibility index (Phi) is 8.63. The van der Waals surface area contributed by atoms with Crippen LogP contribution in [0.15, 0.2) is 59.5 Å². The molecule has 8 heteroatoms. The van der Waals surface area contributed by atoms with Crippen LogP contribution < -0.4 is 11.1 Å². The first-order valence-electron chi connectivity index (χ1n) is 8.95. The summed E-state index contributed by atoms with van der Waals surface area (Å²) in [4.78, 5) is 12.7. The van der Waals surface area contributed by atoms with E-state index in [1.165, 1.54) is 4.31 Å². The zero-order valence-electron chi connectivity index (χ0n) is 16.4. The maximum atomic E-state index is 12.5. The average molecular weight is 426 g/mol. The van der Waals surface area contributed by atoms with Crippen molar-refractivity contribution in [2.75, 3.05) is 13.1 Å². The molecule has 0 aliphatic heterocycles. The molecule has 154 valence electrons. The molecule has 0 aliphatic carbocycles. The van der Waals surface area contributed by atoms with Crippen LogP contribution in [0.5, 0.6) is 0 Å². The summed E-state index contributed by atoms with van der Waals surface area (Å²) >= 11 is 0. The third-order valence-corrected chi connectivity index (χ3v) is 6.63. The Morgan fingerprint density at radius 3 is 2.07 bits per heavy atom. The van der Waals surface area contributed by atoms with Gasteiger partial charge in [-0.3, -0.25) is 4.79 Å². The first-order valence-corrected chi connectivity index (χ1v) is 10.4. The van der Waals surface area contributed by atoms with Crippen molar-refractivity contribution in [1.82, 2.24) is 9.62 Å². The summed E-state index contributed by atoms with van der Waals surface area (Å²) in [6.45, 7) is 6.39. The van der Waals surface area contributed by atoms with E-state index in [4.69, 9.17) is 5.73 Å². The molecule has 1 atom stereocenters. The van der Waals surface area contributed by atoms with E-state index in [-0.39, 0.29) is 29.8 Å². The first-order chi connectivity index (χ1) is 12.7. The van der Waals surface area contributed by atoms with Crippen LogP contribution in [-0.2, 0) is 26.9 Å². The molecule has 2 aromatic carbocycles. The number of rotatable bonds is 8. The number of hydrogen-bond acceptors (Lipinski definition) is 4. The summed E-state index contributed by atoms with van der Waals surface area (Å²) in [6, 6.07) is 15.7. The predicted molar refractivity (Wildman–Crippen MR) is 114 cm³/mol. The van der Waals surface area contributed by atoms with Crippen LogP contribution in [0.1, 0.15) is 31.9 Å². The fraction of sp³-hybridized carbons (Fsp3) is 0.350. The van der Waals surface area contributed by atoms with Gasteiger partial charge in [0, 0.05) is 19.6 Å². The molecular weight excluding hydrogens is 398 g/mol. The Morgan fingerprint density at radius 1 is 1.04 bits per heavy atom. The molecule has 1 amide bonds. The van der Waals surface area contributed by atoms with Crippen LogP contribution in [0, 0.1) is 0 Å². The first kappa shape index (κ1) is 24.1. The Morgan fingerprint density at radius 2 is 1.57 bits per heavy atom. The highest BCUT2D eigenvalue weighted by molar-refractivity contribution is 7.89. The minimum atomic E-state index is -3.48. The van der Waals surface area contributed by atoms with Gasteiger partial charge in [0.2, 0.25) is 15.9 Å². The largest absolute Gasteiger partial charge is 0.350 e. The number of benzene rings is 2. The van der Waals surface area contributed by atoms with Crippen molar-refractivity contribution in [1.29, 1.82) is 0 Å². The summed E-state index contributed by atoms with van der Waals surface area (Å²) in [5.74, 6) is -0.298. The molecule has 28 heavy (non-hydrogen) atoms. The third-order valence-electron chi connectivity index (χ3n) is 4.56. The van der Waals surface area contributed by atoms with E-state index in [0.717, 1.165) is 11.1 Å². The number of carbonyl (C=O) groups excluding carboxylic acids is 1. The predicted octanol–water partition coefficient (Wildman–Crippen LogP) is 2.63. The van der Waals surface area contributed by atoms with E-state index in [9.17, 15) is 13.2 Å². The van der Waals surface area contributed by atoms with Gasteiger partial charge in [0.1, 0.15) is 5.54 Å². The maximum Gasteiger partial charge on any atom is 0.244 e. The number of hydrogen-bond donors (Lipinski definition) is 2. The van der Waals surface area contributed by atoms with Crippen LogP contribution in [0.25, 0.3) is 0 Å². The highest BCUT2D eigenvalue weighted by atomic mass is 35.5. The van der Waals surface area contributed by atoms with Crippen molar-refractivity contribution in [2.45, 2.75) is 37.8 Å². The fourth-order valence-electron chi connectivity index (χ4n) is 2.77. The molecule has 0 aliphatic rings. The maximum absolute atomic E-state index is 12.5. The van der Waals surface area contributed by atoms with Crippen LogP contribution >= 0.6 is 12.4 Å². The Bertz CT molecular complexity index is 865. The second kappa shape index (κ2) is 10.0. The van der Waals surface area contributed by atoms with Crippen molar-refractivity contribution < 1.29 is 13.2 Å². The molecule has 2 aromatic rings. The lowest BCUT2D eigenvalue weighted by atomic mass is 9.92. The lowest BCUT2D eigenvalue weighted by Crippen LogP contribution is -2.48. The van der Waals surface area contributed by atoms with Crippen molar-refractivity contribution in [3.8, 4) is 0 Å². The third kappa shape index (κ3) is 5.32. The Hall–Kier alpha value is -1.93. The van der Waals surface area contributed by atoms with Crippen LogP contribution in [0.2, 0.25) is 0 Å². The van der Waals surface area contributed by atoms with E-state index >= 15 is 0 Å². The summed E-state index contributed by atoms with van der Waals surface area (Å²) in [7, 11) is -3.48. The van der Waals surface area contributed by atoms with Gasteiger partial charge < -0.3 is 11.1 Å². The fourth-order valence-corrected chi connectivity index (χ4v) is 4.23. The van der Waals surface area contributed by atoms with Gasteiger partial charge in [0.25, 0.3) is 0 Å². The van der Waals surface area contributed by atoms with Gasteiger partial charge in [0.15, 0.2) is 0 Å². The second-order valence-electron chi connectivity index (χ2n) is 6.48. The topological polar surface area (TPSA) is 92.5 Å². The quantitative estimate of drug-likeness (QED) is 0.679. The Labute approximate surface area is 173 Å². The number of nitrogens with one attached hydrogen (secondary N) is 1. The molecule has 0 aromatic heterocycles. The molecule has 0 heterocycles. The van der Waals surface area contributed by atoms with Gasteiger partial charge >= 0.3 is 0 Å². The SMILES string of the molecule is CCN(CC)S(=O)(=O)c1ccc(CNC(=O)C(C)(N)c2ccccc2)cc1.Cl. The molecule has 0 saturated heterocycles. The molecular formula is C20H28ClN3O3S. The van der Waals surface area contributed by atoms with Gasteiger partial charge in [-0.15, -0.1) is 12.4 Å². The monoisotopic (exact) mass is 425 g/mol. The van der Waals surface area contributed by atoms with E-state index in [0.29, 0.717) is 13.1 Å². The lowest BCUT2D eigenvalue weighted by molar-refractivity contribution is -0.126. The molecule has 2 rings (SSSR count). The number of sulfonamides is 1. The smallest absolute Gasteiger partial charge is 0.244 e. The summed E-state index contributed by atoms with van der Waals surface area (Å²) in [6.07, 6.45) is 0. The number of nitrogens with zero attached hydrogens (tertiary/aromatic N) is 1. The van der Waals surface area contributed by atoms with Gasteiger partial charge in [-0.2, -0.15) is 4.31 Å². The molecule has 3 N–H and O–H groups in total. The van der Waals surface area contributed by atoms with Crippen molar-refractivity contribution >= 4 is 28.3 Å². The second-order valence-corrected chi connectivity index (χ2v) is 8.42. The molecule has 0 spiro atoms. The molecule has 1 unspecified atom stereocenters. The lowest BCUT2D eigenvalue weighted by Gasteiger charge is -2.24. The van der Waals surface area contributed by atoms with E-state index < -0.39 is 15.6 Å². The molecule has 0 radical (unpaired) electrons. The number of halogens is 1. The zero-order valence-corrected chi connectivity index (χ0v) is 18.0. The normalized spacial score (nSPS) is 13.5. The number of amides is 1. The van der Waals surface area contributed by atoms with Crippen LogP contribution in [0.3, 0.4) is 0 Å². The number of carbonyl (C=O) groups is 1. The van der Waals surface area contributed by atoms with Crippen molar-refractivity contribution in [3.63, 3.8) is 0 Å². The minimum absolute atomic E-state index is 0. The number of nitrogens with two attached hydrogens (primary N) is 1. The van der Waals surface area contributed by atoms with Gasteiger partial charge in [-0.25, -0.2) is 8.42 Å². The molecule has 0 fully saturated rings. The standard InChI is InChI=1S/C20H27N3O3S.ClH/c1-4-23(5-2)27(25,26)18-13-11-16(12-14-18)15-22-19(24)20(3,21)17-9-7-6-8-10-17;/h6-14H,4-5,15,21H2,1-3H3,(H,22,24);1H. The van der Waals surface area contributed by atoms with Gasteiger partial charge in [-0.05, 0) is 30.2 Å². The van der Waals surface area contributed by atoms with Crippen molar-refractivity contribution in [3.05, 3.63) is 65.7 Å². The Balaban J connectivity index is 0.00000392. The molecule has 0 bridgehead atoms. The summed E-state index contributed by atoms with van der Waals surface area (Å²) in [5, 5.41) is 2.82. The molecule has 6 nitrogen and oxygen atoms in total. The van der Waals surface area contributed by atoms with Crippen LogP contribution in [-0.4, -0.2) is 31.7 Å². The van der Waals surface area contributed by atoms with Gasteiger partial charge in [-0.1, -0.05) is 56.3 Å². The average Bonchev–Trinajstić information content (AvgIpc) is 2.67. The molecule has 0 saturated carbocycles. The van der Waals surface area contributed by atoms with Crippen LogP contribution in [0.4, 0.5) is 0 Å². The zero-order chi connectivity index (χ0) is 20.1. The van der Waals surface area contributed by atoms with E-state index in [2.05, 4.69) is 5.32 Å². The van der Waals surface area contributed by atoms with E-state index in [1.807, 2.05) is 44.2 Å².